The van der Waals surface area contributed by atoms with Gasteiger partial charge in [0.25, 0.3) is 0 Å². The van der Waals surface area contributed by atoms with Gasteiger partial charge >= 0.3 is 0 Å². The first-order valence-electron chi connectivity index (χ1n) is 5.07. The first-order valence-corrected chi connectivity index (χ1v) is 5.07. The van der Waals surface area contributed by atoms with E-state index in [9.17, 15) is 10.0 Å². The highest BCUT2D eigenvalue weighted by Crippen LogP contribution is 2.03. The van der Waals surface area contributed by atoms with E-state index < -0.39 is 0 Å². The predicted molar refractivity (Wildman–Crippen MR) is 63.0 cm³/mol. The Hall–Kier alpha value is -2.49. The lowest BCUT2D eigenvalue weighted by molar-refractivity contribution is -0.605. The predicted octanol–water partition coefficient (Wildman–Crippen LogP) is 1.61. The molecule has 2 aromatic rings. The number of hydrogen-bond acceptors (Lipinski definition) is 3. The van der Waals surface area contributed by atoms with Crippen LogP contribution in [0.15, 0.2) is 55.1 Å². The van der Waals surface area contributed by atoms with Gasteiger partial charge in [0.2, 0.25) is 0 Å². The second-order valence-corrected chi connectivity index (χ2v) is 3.42. The third-order valence-corrected chi connectivity index (χ3v) is 2.22. The van der Waals surface area contributed by atoms with Crippen LogP contribution in [0.1, 0.15) is 15.9 Å². The van der Waals surface area contributed by atoms with Gasteiger partial charge in [-0.2, -0.15) is 4.73 Å². The third-order valence-electron chi connectivity index (χ3n) is 2.22. The molecule has 0 N–H and O–H groups in total. The fourth-order valence-corrected chi connectivity index (χ4v) is 1.32. The van der Waals surface area contributed by atoms with Gasteiger partial charge in [0.15, 0.2) is 18.2 Å². The summed E-state index contributed by atoms with van der Waals surface area (Å²) < 4.78 is 0.642. The Labute approximate surface area is 98.5 Å². The summed E-state index contributed by atoms with van der Waals surface area (Å²) in [7, 11) is 0. The number of rotatable bonds is 3. The van der Waals surface area contributed by atoms with E-state index in [2.05, 4.69) is 4.98 Å². The molecule has 0 amide bonds. The highest BCUT2D eigenvalue weighted by molar-refractivity contribution is 6.06. The Kier molecular flexibility index (Phi) is 3.25. The Morgan fingerprint density at radius 1 is 1.18 bits per heavy atom. The quantitative estimate of drug-likeness (QED) is 0.346. The van der Waals surface area contributed by atoms with E-state index in [1.807, 2.05) is 0 Å². The molecular weight excluding hydrogens is 216 g/mol. The summed E-state index contributed by atoms with van der Waals surface area (Å²) in [6.45, 7) is 0. The highest BCUT2D eigenvalue weighted by atomic mass is 16.5. The number of nitrogens with zero attached hydrogens (tertiary/aromatic N) is 2. The zero-order valence-corrected chi connectivity index (χ0v) is 8.98. The zero-order valence-electron chi connectivity index (χ0n) is 8.98. The number of aromatic nitrogens is 2. The van der Waals surface area contributed by atoms with Crippen LogP contribution in [0.2, 0.25) is 0 Å². The van der Waals surface area contributed by atoms with Gasteiger partial charge in [-0.1, -0.05) is 6.08 Å². The smallest absolute Gasteiger partial charge is 0.186 e. The molecule has 17 heavy (non-hydrogen) atoms. The van der Waals surface area contributed by atoms with Crippen molar-refractivity contribution in [1.82, 2.24) is 4.98 Å². The molecule has 84 valence electrons. The van der Waals surface area contributed by atoms with Crippen LogP contribution >= 0.6 is 0 Å². The van der Waals surface area contributed by atoms with Crippen molar-refractivity contribution >= 4 is 11.9 Å². The maximum Gasteiger partial charge on any atom is 0.186 e. The SMILES string of the molecule is O=C(/C=C\c1ccncc1)c1cc[n+]([O-])cc1. The van der Waals surface area contributed by atoms with Crippen LogP contribution in [0.5, 0.6) is 0 Å². The average Bonchev–Trinajstić information content (AvgIpc) is 2.38. The summed E-state index contributed by atoms with van der Waals surface area (Å²) in [4.78, 5) is 15.6. The number of allylic oxidation sites excluding steroid dienone is 1. The largest absolute Gasteiger partial charge is 0.619 e. The first-order chi connectivity index (χ1) is 8.25. The van der Waals surface area contributed by atoms with E-state index in [0.717, 1.165) is 5.56 Å². The van der Waals surface area contributed by atoms with Crippen LogP contribution in [-0.4, -0.2) is 10.8 Å². The average molecular weight is 226 g/mol. The summed E-state index contributed by atoms with van der Waals surface area (Å²) in [6.07, 6.45) is 9.10. The molecule has 0 atom stereocenters. The minimum Gasteiger partial charge on any atom is -0.619 e. The second-order valence-electron chi connectivity index (χ2n) is 3.42. The van der Waals surface area contributed by atoms with Gasteiger partial charge in [0, 0.05) is 30.1 Å². The maximum absolute atomic E-state index is 11.7. The summed E-state index contributed by atoms with van der Waals surface area (Å²) in [5, 5.41) is 10.8. The van der Waals surface area contributed by atoms with E-state index >= 15 is 0 Å². The Morgan fingerprint density at radius 3 is 2.47 bits per heavy atom. The van der Waals surface area contributed by atoms with Crippen LogP contribution in [0.3, 0.4) is 0 Å². The van der Waals surface area contributed by atoms with Crippen molar-refractivity contribution in [3.63, 3.8) is 0 Å². The fraction of sp³-hybridized carbons (Fsp3) is 0. The van der Waals surface area contributed by atoms with E-state index in [4.69, 9.17) is 0 Å². The number of hydrogen-bond donors (Lipinski definition) is 0. The molecule has 0 saturated carbocycles. The maximum atomic E-state index is 11.7. The normalized spacial score (nSPS) is 10.6. The number of carbonyl (C=O) groups is 1. The lowest BCUT2D eigenvalue weighted by Crippen LogP contribution is -2.24. The van der Waals surface area contributed by atoms with Crippen molar-refractivity contribution in [2.75, 3.05) is 0 Å². The van der Waals surface area contributed by atoms with Gasteiger partial charge in [0.05, 0.1) is 0 Å². The van der Waals surface area contributed by atoms with E-state index in [0.29, 0.717) is 10.3 Å². The van der Waals surface area contributed by atoms with Crippen molar-refractivity contribution in [3.05, 3.63) is 71.5 Å². The summed E-state index contributed by atoms with van der Waals surface area (Å²) >= 11 is 0. The monoisotopic (exact) mass is 226 g/mol. The highest BCUT2D eigenvalue weighted by Gasteiger charge is 2.02. The molecule has 2 heterocycles. The van der Waals surface area contributed by atoms with Gasteiger partial charge in [-0.05, 0) is 23.8 Å². The minimum atomic E-state index is -0.137. The van der Waals surface area contributed by atoms with Crippen molar-refractivity contribution < 1.29 is 9.52 Å². The number of carbonyl (C=O) groups excluding carboxylic acids is 1. The molecule has 0 spiro atoms. The third kappa shape index (κ3) is 2.98. The Morgan fingerprint density at radius 2 is 1.82 bits per heavy atom. The van der Waals surface area contributed by atoms with Gasteiger partial charge in [0.1, 0.15) is 0 Å². The molecule has 0 bridgehead atoms. The molecule has 4 nitrogen and oxygen atoms in total. The topological polar surface area (TPSA) is 56.9 Å². The van der Waals surface area contributed by atoms with Crippen molar-refractivity contribution in [1.29, 1.82) is 0 Å². The van der Waals surface area contributed by atoms with Gasteiger partial charge in [-0.3, -0.25) is 9.78 Å². The van der Waals surface area contributed by atoms with Gasteiger partial charge in [-0.25, -0.2) is 0 Å². The first kappa shape index (κ1) is 11.0. The van der Waals surface area contributed by atoms with Crippen molar-refractivity contribution in [2.45, 2.75) is 0 Å². The Balaban J connectivity index is 2.12. The summed E-state index contributed by atoms with van der Waals surface area (Å²) in [6, 6.07) is 6.60. The van der Waals surface area contributed by atoms with Crippen LogP contribution in [0.25, 0.3) is 6.08 Å². The second kappa shape index (κ2) is 5.03. The van der Waals surface area contributed by atoms with Crippen LogP contribution in [0, 0.1) is 5.21 Å². The lowest BCUT2D eigenvalue weighted by atomic mass is 10.1. The van der Waals surface area contributed by atoms with E-state index in [-0.39, 0.29) is 5.78 Å². The molecule has 0 aliphatic heterocycles. The number of ketones is 1. The summed E-state index contributed by atoms with van der Waals surface area (Å²) in [5.41, 5.74) is 1.39. The van der Waals surface area contributed by atoms with Gasteiger partial charge < -0.3 is 5.21 Å². The van der Waals surface area contributed by atoms with Crippen LogP contribution in [0.4, 0.5) is 0 Å². The van der Waals surface area contributed by atoms with E-state index in [1.165, 1.54) is 30.6 Å². The molecule has 0 unspecified atom stereocenters. The lowest BCUT2D eigenvalue weighted by Gasteiger charge is -1.96. The van der Waals surface area contributed by atoms with E-state index in [1.54, 1.807) is 30.6 Å². The fourth-order valence-electron chi connectivity index (χ4n) is 1.32. The van der Waals surface area contributed by atoms with Crippen LogP contribution < -0.4 is 4.73 Å². The molecule has 0 radical (unpaired) electrons. The van der Waals surface area contributed by atoms with Crippen molar-refractivity contribution in [3.8, 4) is 0 Å². The van der Waals surface area contributed by atoms with Crippen LogP contribution in [-0.2, 0) is 0 Å². The molecule has 2 rings (SSSR count). The van der Waals surface area contributed by atoms with Gasteiger partial charge in [-0.15, -0.1) is 0 Å². The minimum absolute atomic E-state index is 0.137. The molecular formula is C13H10N2O2. The molecule has 0 fully saturated rings. The standard InChI is InChI=1S/C13H10N2O2/c16-13(12-5-9-15(17)10-6-12)2-1-11-3-7-14-8-4-11/h1-10H/b2-1-. The van der Waals surface area contributed by atoms with Crippen molar-refractivity contribution in [2.24, 2.45) is 0 Å². The summed E-state index contributed by atoms with van der Waals surface area (Å²) in [5.74, 6) is -0.137. The Bertz CT molecular complexity index is 533. The molecule has 0 saturated heterocycles. The zero-order chi connectivity index (χ0) is 12.1. The molecule has 2 aromatic heterocycles. The molecule has 0 aliphatic rings. The molecule has 4 heteroatoms. The molecule has 0 aliphatic carbocycles. The molecule has 0 aromatic carbocycles. The number of pyridine rings is 2.